The van der Waals surface area contributed by atoms with Gasteiger partial charge in [0, 0.05) is 23.4 Å². The van der Waals surface area contributed by atoms with E-state index >= 15 is 0 Å². The highest BCUT2D eigenvalue weighted by Gasteiger charge is 2.33. The molecule has 0 fully saturated rings. The molecular weight excluding hydrogens is 364 g/mol. The highest BCUT2D eigenvalue weighted by atomic mass is 19.4. The van der Waals surface area contributed by atoms with Crippen molar-refractivity contribution in [2.24, 2.45) is 0 Å². The van der Waals surface area contributed by atoms with Crippen LogP contribution in [0, 0.1) is 0 Å². The van der Waals surface area contributed by atoms with Gasteiger partial charge in [0.15, 0.2) is 5.78 Å². The number of halogens is 3. The van der Waals surface area contributed by atoms with Crippen molar-refractivity contribution in [3.63, 3.8) is 0 Å². The Hall–Kier alpha value is -2.91. The lowest BCUT2D eigenvalue weighted by Crippen LogP contribution is -2.29. The third kappa shape index (κ3) is 4.10. The highest BCUT2D eigenvalue weighted by molar-refractivity contribution is 6.58. The van der Waals surface area contributed by atoms with Crippen LogP contribution in [0.15, 0.2) is 57.7 Å². The largest absolute Gasteiger partial charge is 0.488 e. The maximum Gasteiger partial charge on any atom is 0.488 e. The van der Waals surface area contributed by atoms with Crippen LogP contribution in [0.4, 0.5) is 13.2 Å². The lowest BCUT2D eigenvalue weighted by atomic mass is 9.80. The molecule has 0 amide bonds. The number of rotatable bonds is 4. The molecule has 0 aliphatic rings. The van der Waals surface area contributed by atoms with E-state index in [1.807, 2.05) is 0 Å². The lowest BCUT2D eigenvalue weighted by molar-refractivity contribution is -0.136. The van der Waals surface area contributed by atoms with Gasteiger partial charge in [0.25, 0.3) is 0 Å². The van der Waals surface area contributed by atoms with Crippen LogP contribution in [0.2, 0.25) is 0 Å². The van der Waals surface area contributed by atoms with Crippen molar-refractivity contribution in [1.82, 2.24) is 0 Å². The molecule has 1 aromatic heterocycles. The van der Waals surface area contributed by atoms with E-state index in [2.05, 4.69) is 0 Å². The molecule has 0 unspecified atom stereocenters. The molecule has 0 aliphatic carbocycles. The summed E-state index contributed by atoms with van der Waals surface area (Å²) in [7, 11) is -1.65. The highest BCUT2D eigenvalue weighted by Crippen LogP contribution is 2.34. The number of Topliss-reactive ketones (excluding diaryl/α,β-unsaturated/α-hetero) is 1. The third-order valence-electron chi connectivity index (χ3n) is 4.01. The maximum atomic E-state index is 13.0. The minimum Gasteiger partial charge on any atom is -0.423 e. The lowest BCUT2D eigenvalue weighted by Gasteiger charge is -2.10. The molecule has 0 radical (unpaired) electrons. The van der Waals surface area contributed by atoms with Gasteiger partial charge in [0.1, 0.15) is 5.58 Å². The predicted octanol–water partition coefficient (Wildman–Crippen LogP) is 1.92. The summed E-state index contributed by atoms with van der Waals surface area (Å²) in [5.74, 6) is -0.331. The molecule has 3 rings (SSSR count). The maximum absolute atomic E-state index is 13.0. The minimum atomic E-state index is -4.70. The van der Waals surface area contributed by atoms with Gasteiger partial charge in [0.2, 0.25) is 0 Å². The molecule has 0 bridgehead atoms. The fourth-order valence-corrected chi connectivity index (χ4v) is 2.68. The smallest absolute Gasteiger partial charge is 0.423 e. The number of benzene rings is 2. The number of carbonyl (C=O) groups excluding carboxylic acids is 1. The van der Waals surface area contributed by atoms with E-state index in [1.165, 1.54) is 36.4 Å². The SMILES string of the molecule is O=C(Cc1ccc2c(C(F)(F)F)cc(=O)oc2c1)c1ccc(B(O)O)cc1. The summed E-state index contributed by atoms with van der Waals surface area (Å²) >= 11 is 0. The van der Waals surface area contributed by atoms with E-state index in [9.17, 15) is 22.8 Å². The first-order chi connectivity index (χ1) is 12.6. The monoisotopic (exact) mass is 376 g/mol. The van der Waals surface area contributed by atoms with Crippen molar-refractivity contribution in [3.8, 4) is 0 Å². The molecule has 1 heterocycles. The van der Waals surface area contributed by atoms with Gasteiger partial charge in [-0.05, 0) is 17.1 Å². The van der Waals surface area contributed by atoms with Crippen LogP contribution in [0.5, 0.6) is 0 Å². The molecule has 0 spiro atoms. The second kappa shape index (κ2) is 7.01. The van der Waals surface area contributed by atoms with Gasteiger partial charge in [-0.15, -0.1) is 0 Å². The van der Waals surface area contributed by atoms with E-state index < -0.39 is 24.5 Å². The van der Waals surface area contributed by atoms with E-state index in [4.69, 9.17) is 14.5 Å². The van der Waals surface area contributed by atoms with Crippen molar-refractivity contribution in [1.29, 1.82) is 0 Å². The first-order valence-corrected chi connectivity index (χ1v) is 7.78. The topological polar surface area (TPSA) is 87.7 Å². The molecule has 0 saturated heterocycles. The molecule has 138 valence electrons. The molecule has 0 saturated carbocycles. The van der Waals surface area contributed by atoms with Crippen LogP contribution in [0.25, 0.3) is 11.0 Å². The average Bonchev–Trinajstić information content (AvgIpc) is 2.60. The second-order valence-corrected chi connectivity index (χ2v) is 5.90. The van der Waals surface area contributed by atoms with Gasteiger partial charge < -0.3 is 14.5 Å². The van der Waals surface area contributed by atoms with E-state index in [-0.39, 0.29) is 28.6 Å². The summed E-state index contributed by atoms with van der Waals surface area (Å²) in [6, 6.07) is 9.75. The van der Waals surface area contributed by atoms with Crippen LogP contribution >= 0.6 is 0 Å². The number of fused-ring (bicyclic) bond motifs is 1. The van der Waals surface area contributed by atoms with Crippen LogP contribution in [-0.2, 0) is 12.6 Å². The zero-order valence-corrected chi connectivity index (χ0v) is 13.7. The van der Waals surface area contributed by atoms with Crippen LogP contribution in [0.3, 0.4) is 0 Å². The van der Waals surface area contributed by atoms with Gasteiger partial charge >= 0.3 is 18.9 Å². The number of hydrogen-bond donors (Lipinski definition) is 2. The summed E-state index contributed by atoms with van der Waals surface area (Å²) in [5.41, 5.74) is -1.58. The standard InChI is InChI=1S/C18H12BF3O5/c20-18(21,22)14-9-17(24)27-16-8-10(1-6-13(14)16)7-15(23)11-2-4-12(5-3-11)19(25)26/h1-6,8-9,25-26H,7H2. The first-order valence-electron chi connectivity index (χ1n) is 7.78. The summed E-state index contributed by atoms with van der Waals surface area (Å²) in [6.07, 6.45) is -4.83. The number of hydrogen-bond acceptors (Lipinski definition) is 5. The number of carbonyl (C=O) groups is 1. The Labute approximate surface area is 150 Å². The summed E-state index contributed by atoms with van der Waals surface area (Å²) in [5, 5.41) is 17.8. The molecule has 9 heteroatoms. The summed E-state index contributed by atoms with van der Waals surface area (Å²) in [6.45, 7) is 0. The van der Waals surface area contributed by atoms with Crippen LogP contribution < -0.4 is 11.1 Å². The quantitative estimate of drug-likeness (QED) is 0.413. The summed E-state index contributed by atoms with van der Waals surface area (Å²) in [4.78, 5) is 23.7. The molecule has 2 aromatic carbocycles. The zero-order valence-electron chi connectivity index (χ0n) is 13.7. The Morgan fingerprint density at radius 3 is 2.30 bits per heavy atom. The fraction of sp³-hybridized carbons (Fsp3) is 0.111. The second-order valence-electron chi connectivity index (χ2n) is 5.90. The molecule has 0 aliphatic heterocycles. The predicted molar refractivity (Wildman–Crippen MR) is 91.8 cm³/mol. The van der Waals surface area contributed by atoms with E-state index in [0.29, 0.717) is 17.2 Å². The molecule has 5 nitrogen and oxygen atoms in total. The molecule has 3 aromatic rings. The van der Waals surface area contributed by atoms with Gasteiger partial charge in [-0.2, -0.15) is 13.2 Å². The van der Waals surface area contributed by atoms with Crippen LogP contribution in [-0.4, -0.2) is 22.9 Å². The molecule has 2 N–H and O–H groups in total. The fourth-order valence-electron chi connectivity index (χ4n) is 2.68. The van der Waals surface area contributed by atoms with E-state index in [1.54, 1.807) is 0 Å². The Balaban J connectivity index is 1.91. The van der Waals surface area contributed by atoms with Crippen molar-refractivity contribution >= 4 is 29.3 Å². The minimum absolute atomic E-state index is 0.128. The van der Waals surface area contributed by atoms with Gasteiger partial charge in [-0.3, -0.25) is 4.79 Å². The zero-order chi connectivity index (χ0) is 19.8. The van der Waals surface area contributed by atoms with Crippen molar-refractivity contribution < 1.29 is 32.4 Å². The first kappa shape index (κ1) is 18.9. The van der Waals surface area contributed by atoms with E-state index in [0.717, 1.165) is 6.07 Å². The molecular formula is C18H12BF3O5. The Morgan fingerprint density at radius 1 is 1.04 bits per heavy atom. The Bertz CT molecular complexity index is 1060. The van der Waals surface area contributed by atoms with Crippen molar-refractivity contribution in [2.45, 2.75) is 12.6 Å². The Kier molecular flexibility index (Phi) is 4.90. The van der Waals surface area contributed by atoms with Gasteiger partial charge in [-0.25, -0.2) is 4.79 Å². The van der Waals surface area contributed by atoms with Gasteiger partial charge in [0.05, 0.1) is 5.56 Å². The molecule has 27 heavy (non-hydrogen) atoms. The summed E-state index contributed by atoms with van der Waals surface area (Å²) < 4.78 is 44.0. The van der Waals surface area contributed by atoms with Crippen molar-refractivity contribution in [2.75, 3.05) is 0 Å². The average molecular weight is 376 g/mol. The van der Waals surface area contributed by atoms with Gasteiger partial charge in [-0.1, -0.05) is 36.4 Å². The molecule has 0 atom stereocenters. The Morgan fingerprint density at radius 2 is 1.70 bits per heavy atom. The van der Waals surface area contributed by atoms with Crippen LogP contribution in [0.1, 0.15) is 21.5 Å². The number of alkyl halides is 3. The normalized spacial score (nSPS) is 11.6. The number of ketones is 1. The van der Waals surface area contributed by atoms with Crippen molar-refractivity contribution in [3.05, 3.63) is 75.6 Å². The third-order valence-corrected chi connectivity index (χ3v) is 4.01.